The van der Waals surface area contributed by atoms with E-state index < -0.39 is 5.97 Å². The van der Waals surface area contributed by atoms with E-state index in [2.05, 4.69) is 5.32 Å². The lowest BCUT2D eigenvalue weighted by Gasteiger charge is -2.11. The SMILES string of the molecule is CCOc1ccccc1C(=O)Nc1cccc(OC(C)=O)c1. The van der Waals surface area contributed by atoms with Crippen LogP contribution in [0.4, 0.5) is 5.69 Å². The van der Waals surface area contributed by atoms with Gasteiger partial charge in [-0.3, -0.25) is 9.59 Å². The van der Waals surface area contributed by atoms with Crippen molar-refractivity contribution in [3.8, 4) is 11.5 Å². The second-order valence-electron chi connectivity index (χ2n) is 4.50. The fourth-order valence-corrected chi connectivity index (χ4v) is 1.94. The first kappa shape index (κ1) is 15.6. The number of hydrogen-bond acceptors (Lipinski definition) is 4. The Hall–Kier alpha value is -2.82. The lowest BCUT2D eigenvalue weighted by molar-refractivity contribution is -0.131. The van der Waals surface area contributed by atoms with Gasteiger partial charge < -0.3 is 14.8 Å². The summed E-state index contributed by atoms with van der Waals surface area (Å²) in [5.74, 6) is 0.205. The Morgan fingerprint density at radius 2 is 1.86 bits per heavy atom. The highest BCUT2D eigenvalue weighted by Gasteiger charge is 2.12. The van der Waals surface area contributed by atoms with E-state index in [4.69, 9.17) is 9.47 Å². The van der Waals surface area contributed by atoms with E-state index in [1.165, 1.54) is 6.92 Å². The van der Waals surface area contributed by atoms with E-state index in [0.29, 0.717) is 29.4 Å². The number of rotatable bonds is 5. The van der Waals surface area contributed by atoms with Gasteiger partial charge in [-0.1, -0.05) is 18.2 Å². The predicted molar refractivity (Wildman–Crippen MR) is 83.3 cm³/mol. The lowest BCUT2D eigenvalue weighted by atomic mass is 10.2. The molecule has 0 aliphatic heterocycles. The average molecular weight is 299 g/mol. The maximum Gasteiger partial charge on any atom is 0.308 e. The van der Waals surface area contributed by atoms with Crippen LogP contribution in [0.1, 0.15) is 24.2 Å². The second-order valence-corrected chi connectivity index (χ2v) is 4.50. The molecule has 0 atom stereocenters. The number of nitrogens with one attached hydrogen (secondary N) is 1. The van der Waals surface area contributed by atoms with Crippen molar-refractivity contribution in [1.82, 2.24) is 0 Å². The standard InChI is InChI=1S/C17H17NO4/c1-3-21-16-10-5-4-9-15(16)17(20)18-13-7-6-8-14(11-13)22-12(2)19/h4-11H,3H2,1-2H3,(H,18,20). The number of ether oxygens (including phenoxy) is 2. The van der Waals surface area contributed by atoms with Crippen LogP contribution in [0.3, 0.4) is 0 Å². The number of anilines is 1. The van der Waals surface area contributed by atoms with Crippen LogP contribution in [-0.4, -0.2) is 18.5 Å². The molecule has 114 valence electrons. The minimum Gasteiger partial charge on any atom is -0.493 e. The number of esters is 1. The molecule has 0 aromatic heterocycles. The molecule has 1 N–H and O–H groups in total. The summed E-state index contributed by atoms with van der Waals surface area (Å²) in [7, 11) is 0. The van der Waals surface area contributed by atoms with Crippen molar-refractivity contribution < 1.29 is 19.1 Å². The van der Waals surface area contributed by atoms with Gasteiger partial charge in [-0.15, -0.1) is 0 Å². The van der Waals surface area contributed by atoms with Crippen LogP contribution in [-0.2, 0) is 4.79 Å². The third-order valence-electron chi connectivity index (χ3n) is 2.79. The minimum absolute atomic E-state index is 0.288. The van der Waals surface area contributed by atoms with E-state index >= 15 is 0 Å². The summed E-state index contributed by atoms with van der Waals surface area (Å²) in [5, 5.41) is 2.76. The third kappa shape index (κ3) is 4.09. The zero-order valence-electron chi connectivity index (χ0n) is 12.5. The Bertz CT molecular complexity index is 682. The first-order valence-corrected chi connectivity index (χ1v) is 6.92. The molecule has 0 saturated carbocycles. The molecule has 0 spiro atoms. The summed E-state index contributed by atoms with van der Waals surface area (Å²) in [6, 6.07) is 13.7. The van der Waals surface area contributed by atoms with Crippen LogP contribution in [0, 0.1) is 0 Å². The monoisotopic (exact) mass is 299 g/mol. The normalized spacial score (nSPS) is 9.91. The average Bonchev–Trinajstić information content (AvgIpc) is 2.47. The molecule has 0 unspecified atom stereocenters. The molecule has 2 aromatic rings. The lowest BCUT2D eigenvalue weighted by Crippen LogP contribution is -2.13. The van der Waals surface area contributed by atoms with Gasteiger partial charge in [-0.05, 0) is 31.2 Å². The Morgan fingerprint density at radius 3 is 2.59 bits per heavy atom. The van der Waals surface area contributed by atoms with Gasteiger partial charge in [0.1, 0.15) is 11.5 Å². The number of carbonyl (C=O) groups is 2. The topological polar surface area (TPSA) is 64.6 Å². The fraction of sp³-hybridized carbons (Fsp3) is 0.176. The Labute approximate surface area is 128 Å². The fourth-order valence-electron chi connectivity index (χ4n) is 1.94. The van der Waals surface area contributed by atoms with Gasteiger partial charge in [-0.2, -0.15) is 0 Å². The van der Waals surface area contributed by atoms with E-state index in [1.807, 2.05) is 13.0 Å². The second kappa shape index (κ2) is 7.26. The molecular weight excluding hydrogens is 282 g/mol. The molecule has 1 amide bonds. The Kier molecular flexibility index (Phi) is 5.14. The van der Waals surface area contributed by atoms with Gasteiger partial charge in [0.2, 0.25) is 0 Å². The first-order valence-electron chi connectivity index (χ1n) is 6.92. The van der Waals surface area contributed by atoms with Crippen molar-refractivity contribution >= 4 is 17.6 Å². The molecule has 0 heterocycles. The third-order valence-corrected chi connectivity index (χ3v) is 2.79. The minimum atomic E-state index is -0.412. The predicted octanol–water partition coefficient (Wildman–Crippen LogP) is 3.26. The molecule has 22 heavy (non-hydrogen) atoms. The summed E-state index contributed by atoms with van der Waals surface area (Å²) in [5.41, 5.74) is 0.984. The summed E-state index contributed by atoms with van der Waals surface area (Å²) < 4.78 is 10.4. The summed E-state index contributed by atoms with van der Waals surface area (Å²) >= 11 is 0. The van der Waals surface area contributed by atoms with E-state index in [0.717, 1.165) is 0 Å². The van der Waals surface area contributed by atoms with Gasteiger partial charge in [0, 0.05) is 18.7 Å². The van der Waals surface area contributed by atoms with Gasteiger partial charge in [-0.25, -0.2) is 0 Å². The molecule has 0 aliphatic rings. The van der Waals surface area contributed by atoms with Crippen LogP contribution in [0.15, 0.2) is 48.5 Å². The van der Waals surface area contributed by atoms with Crippen LogP contribution in [0.25, 0.3) is 0 Å². The first-order chi connectivity index (χ1) is 10.6. The Morgan fingerprint density at radius 1 is 1.09 bits per heavy atom. The highest BCUT2D eigenvalue weighted by molar-refractivity contribution is 6.06. The number of para-hydroxylation sites is 1. The number of hydrogen-bond donors (Lipinski definition) is 1. The Balaban J connectivity index is 2.17. The van der Waals surface area contributed by atoms with Gasteiger partial charge in [0.25, 0.3) is 5.91 Å². The molecule has 0 fully saturated rings. The van der Waals surface area contributed by atoms with Crippen molar-refractivity contribution in [2.75, 3.05) is 11.9 Å². The van der Waals surface area contributed by atoms with Crippen LogP contribution < -0.4 is 14.8 Å². The van der Waals surface area contributed by atoms with Crippen LogP contribution >= 0.6 is 0 Å². The molecule has 2 rings (SSSR count). The molecule has 0 saturated heterocycles. The number of carbonyl (C=O) groups excluding carboxylic acids is 2. The van der Waals surface area contributed by atoms with Crippen LogP contribution in [0.2, 0.25) is 0 Å². The van der Waals surface area contributed by atoms with Gasteiger partial charge >= 0.3 is 5.97 Å². The summed E-state index contributed by atoms with van der Waals surface area (Å²) in [4.78, 5) is 23.3. The van der Waals surface area contributed by atoms with E-state index in [-0.39, 0.29) is 5.91 Å². The van der Waals surface area contributed by atoms with Crippen molar-refractivity contribution in [2.45, 2.75) is 13.8 Å². The molecule has 0 aliphatic carbocycles. The highest BCUT2D eigenvalue weighted by atomic mass is 16.5. The zero-order valence-corrected chi connectivity index (χ0v) is 12.5. The van der Waals surface area contributed by atoms with Crippen molar-refractivity contribution in [2.24, 2.45) is 0 Å². The van der Waals surface area contributed by atoms with Gasteiger partial charge in [0.15, 0.2) is 0 Å². The maximum absolute atomic E-state index is 12.3. The van der Waals surface area contributed by atoms with E-state index in [1.54, 1.807) is 42.5 Å². The zero-order chi connectivity index (χ0) is 15.9. The quantitative estimate of drug-likeness (QED) is 0.680. The molecule has 5 nitrogen and oxygen atoms in total. The molecular formula is C17H17NO4. The number of benzene rings is 2. The highest BCUT2D eigenvalue weighted by Crippen LogP contribution is 2.22. The molecule has 0 bridgehead atoms. The molecule has 0 radical (unpaired) electrons. The summed E-state index contributed by atoms with van der Waals surface area (Å²) in [6.45, 7) is 3.66. The smallest absolute Gasteiger partial charge is 0.308 e. The number of amides is 1. The van der Waals surface area contributed by atoms with Gasteiger partial charge in [0.05, 0.1) is 12.2 Å². The van der Waals surface area contributed by atoms with Crippen molar-refractivity contribution in [3.63, 3.8) is 0 Å². The molecule has 5 heteroatoms. The van der Waals surface area contributed by atoms with Crippen molar-refractivity contribution in [1.29, 1.82) is 0 Å². The van der Waals surface area contributed by atoms with E-state index in [9.17, 15) is 9.59 Å². The van der Waals surface area contributed by atoms with Crippen LogP contribution in [0.5, 0.6) is 11.5 Å². The molecule has 2 aromatic carbocycles. The summed E-state index contributed by atoms with van der Waals surface area (Å²) in [6.07, 6.45) is 0. The van der Waals surface area contributed by atoms with Crippen molar-refractivity contribution in [3.05, 3.63) is 54.1 Å². The maximum atomic E-state index is 12.3. The largest absolute Gasteiger partial charge is 0.493 e.